The first-order chi connectivity index (χ1) is 9.45. The van der Waals surface area contributed by atoms with Gasteiger partial charge in [0.2, 0.25) is 5.88 Å². The predicted octanol–water partition coefficient (Wildman–Crippen LogP) is 1.41. The normalized spacial score (nSPS) is 35.5. The zero-order chi connectivity index (χ0) is 14.4. The van der Waals surface area contributed by atoms with Gasteiger partial charge in [0.1, 0.15) is 0 Å². The van der Waals surface area contributed by atoms with Crippen molar-refractivity contribution in [2.75, 3.05) is 7.11 Å². The van der Waals surface area contributed by atoms with Crippen molar-refractivity contribution in [2.24, 2.45) is 0 Å². The fourth-order valence-electron chi connectivity index (χ4n) is 3.49. The van der Waals surface area contributed by atoms with Gasteiger partial charge in [-0.3, -0.25) is 0 Å². The highest BCUT2D eigenvalue weighted by Gasteiger charge is 2.51. The topological polar surface area (TPSA) is 76.5 Å². The van der Waals surface area contributed by atoms with Crippen LogP contribution >= 0.6 is 0 Å². The third-order valence-corrected chi connectivity index (χ3v) is 7.26. The second-order valence-electron chi connectivity index (χ2n) is 5.79. The van der Waals surface area contributed by atoms with Gasteiger partial charge in [-0.1, -0.05) is 6.42 Å². The first-order valence-corrected chi connectivity index (χ1v) is 8.52. The first kappa shape index (κ1) is 13.8. The Morgan fingerprint density at radius 3 is 2.60 bits per heavy atom. The largest absolute Gasteiger partial charge is 0.481 e. The summed E-state index contributed by atoms with van der Waals surface area (Å²) in [6, 6.07) is 3.45. The van der Waals surface area contributed by atoms with E-state index in [0.717, 1.165) is 6.42 Å². The summed E-state index contributed by atoms with van der Waals surface area (Å²) >= 11 is 0. The van der Waals surface area contributed by atoms with Crippen molar-refractivity contribution in [1.29, 1.82) is 0 Å². The number of rotatable bonds is 2. The van der Waals surface area contributed by atoms with Crippen molar-refractivity contribution in [3.05, 3.63) is 23.9 Å². The molecule has 1 aromatic rings. The van der Waals surface area contributed by atoms with Gasteiger partial charge >= 0.3 is 0 Å². The molecule has 3 heterocycles. The molecule has 0 saturated carbocycles. The van der Waals surface area contributed by atoms with E-state index in [1.807, 2.05) is 0 Å². The van der Waals surface area contributed by atoms with Crippen LogP contribution in [0.5, 0.6) is 5.88 Å². The van der Waals surface area contributed by atoms with E-state index in [2.05, 4.69) is 4.98 Å². The molecule has 0 radical (unpaired) electrons. The Balaban J connectivity index is 1.97. The van der Waals surface area contributed by atoms with E-state index in [4.69, 9.17) is 4.74 Å². The molecule has 2 unspecified atom stereocenters. The van der Waals surface area contributed by atoms with Crippen LogP contribution in [0.25, 0.3) is 0 Å². The number of hydrogen-bond acceptors (Lipinski definition) is 5. The molecule has 2 aliphatic heterocycles. The third kappa shape index (κ3) is 2.11. The van der Waals surface area contributed by atoms with E-state index in [1.54, 1.807) is 18.3 Å². The molecule has 0 amide bonds. The Kier molecular flexibility index (Phi) is 3.25. The summed E-state index contributed by atoms with van der Waals surface area (Å²) in [5.74, 6) is 0.439. The van der Waals surface area contributed by atoms with Crippen molar-refractivity contribution in [3.63, 3.8) is 0 Å². The number of sulfone groups is 1. The summed E-state index contributed by atoms with van der Waals surface area (Å²) in [6.45, 7) is 0. The second-order valence-corrected chi connectivity index (χ2v) is 8.30. The van der Waals surface area contributed by atoms with Gasteiger partial charge in [0, 0.05) is 12.3 Å². The van der Waals surface area contributed by atoms with Crippen molar-refractivity contribution in [2.45, 2.75) is 48.2 Å². The fourth-order valence-corrected chi connectivity index (χ4v) is 6.04. The monoisotopic (exact) mass is 297 g/mol. The summed E-state index contributed by atoms with van der Waals surface area (Å²) in [5.41, 5.74) is -0.381. The van der Waals surface area contributed by atoms with Crippen LogP contribution in [0.1, 0.15) is 37.7 Å². The molecule has 3 rings (SSSR count). The van der Waals surface area contributed by atoms with Gasteiger partial charge < -0.3 is 9.84 Å². The SMILES string of the molecule is COc1cc(C2(O)CC3CCCC(C2)S3(=O)=O)ccn1. The molecule has 2 fully saturated rings. The van der Waals surface area contributed by atoms with Crippen LogP contribution in [-0.2, 0) is 15.4 Å². The summed E-state index contributed by atoms with van der Waals surface area (Å²) in [4.78, 5) is 4.03. The van der Waals surface area contributed by atoms with Gasteiger partial charge in [0.05, 0.1) is 23.2 Å². The molecule has 20 heavy (non-hydrogen) atoms. The molecule has 2 aliphatic rings. The third-order valence-electron chi connectivity index (χ3n) is 4.59. The van der Waals surface area contributed by atoms with E-state index in [-0.39, 0.29) is 12.8 Å². The Morgan fingerprint density at radius 1 is 1.35 bits per heavy atom. The number of aliphatic hydroxyl groups is 1. The standard InChI is InChI=1S/C14H19NO4S/c1-19-13-7-10(5-6-15-13)14(16)8-11-3-2-4-12(9-14)20(11,17)18/h5-7,11-12,16H,2-4,8-9H2,1H3. The molecule has 1 N–H and O–H groups in total. The number of ether oxygens (including phenoxy) is 1. The second kappa shape index (κ2) is 4.70. The number of methoxy groups -OCH3 is 1. The lowest BCUT2D eigenvalue weighted by molar-refractivity contribution is 0.00473. The fraction of sp³-hybridized carbons (Fsp3) is 0.643. The predicted molar refractivity (Wildman–Crippen MR) is 74.3 cm³/mol. The molecule has 0 aliphatic carbocycles. The van der Waals surface area contributed by atoms with Gasteiger partial charge in [-0.25, -0.2) is 13.4 Å². The van der Waals surface area contributed by atoms with Gasteiger partial charge in [-0.05, 0) is 37.3 Å². The number of aromatic nitrogens is 1. The van der Waals surface area contributed by atoms with Gasteiger partial charge in [-0.2, -0.15) is 0 Å². The molecule has 0 aromatic carbocycles. The minimum Gasteiger partial charge on any atom is -0.481 e. The summed E-state index contributed by atoms with van der Waals surface area (Å²) in [6.07, 6.45) is 4.39. The molecule has 2 saturated heterocycles. The average molecular weight is 297 g/mol. The molecule has 0 spiro atoms. The molecule has 110 valence electrons. The van der Waals surface area contributed by atoms with E-state index in [0.29, 0.717) is 24.3 Å². The zero-order valence-electron chi connectivity index (χ0n) is 11.4. The van der Waals surface area contributed by atoms with E-state index in [1.165, 1.54) is 7.11 Å². The van der Waals surface area contributed by atoms with E-state index in [9.17, 15) is 13.5 Å². The number of hydrogen-bond donors (Lipinski definition) is 1. The van der Waals surface area contributed by atoms with Crippen LogP contribution < -0.4 is 4.74 Å². The molecule has 1 aromatic heterocycles. The quantitative estimate of drug-likeness (QED) is 0.893. The maximum Gasteiger partial charge on any atom is 0.213 e. The Bertz CT molecular complexity index is 593. The first-order valence-electron chi connectivity index (χ1n) is 6.91. The van der Waals surface area contributed by atoms with Crippen molar-refractivity contribution in [1.82, 2.24) is 4.98 Å². The highest BCUT2D eigenvalue weighted by molar-refractivity contribution is 7.92. The van der Waals surface area contributed by atoms with Crippen molar-refractivity contribution >= 4 is 9.84 Å². The molecule has 5 nitrogen and oxygen atoms in total. The van der Waals surface area contributed by atoms with E-state index >= 15 is 0 Å². The van der Waals surface area contributed by atoms with Crippen LogP contribution in [0.2, 0.25) is 0 Å². The smallest absolute Gasteiger partial charge is 0.213 e. The van der Waals surface area contributed by atoms with Gasteiger partial charge in [-0.15, -0.1) is 0 Å². The Hall–Kier alpha value is -1.14. The minimum absolute atomic E-state index is 0.277. The lowest BCUT2D eigenvalue weighted by Gasteiger charge is -2.44. The summed E-state index contributed by atoms with van der Waals surface area (Å²) in [7, 11) is -1.54. The maximum atomic E-state index is 12.3. The lowest BCUT2D eigenvalue weighted by atomic mass is 9.81. The molecule has 6 heteroatoms. The maximum absolute atomic E-state index is 12.3. The Morgan fingerprint density at radius 2 is 2.00 bits per heavy atom. The minimum atomic E-state index is -3.07. The molecule has 2 bridgehead atoms. The van der Waals surface area contributed by atoms with E-state index < -0.39 is 25.9 Å². The lowest BCUT2D eigenvalue weighted by Crippen LogP contribution is -2.50. The number of fused-ring (bicyclic) bond motifs is 2. The van der Waals surface area contributed by atoms with Crippen LogP contribution in [-0.4, -0.2) is 36.1 Å². The van der Waals surface area contributed by atoms with Gasteiger partial charge in [0.25, 0.3) is 0 Å². The molecule has 2 atom stereocenters. The van der Waals surface area contributed by atoms with Crippen LogP contribution in [0.15, 0.2) is 18.3 Å². The number of pyridine rings is 1. The van der Waals surface area contributed by atoms with Crippen molar-refractivity contribution < 1.29 is 18.3 Å². The Labute approximate surface area is 118 Å². The highest BCUT2D eigenvalue weighted by atomic mass is 32.2. The zero-order valence-corrected chi connectivity index (χ0v) is 12.3. The van der Waals surface area contributed by atoms with Crippen molar-refractivity contribution in [3.8, 4) is 5.88 Å². The summed E-state index contributed by atoms with van der Waals surface area (Å²) < 4.78 is 29.7. The molecular formula is C14H19NO4S. The average Bonchev–Trinajstić information content (AvgIpc) is 2.41. The van der Waals surface area contributed by atoms with Crippen LogP contribution in [0.3, 0.4) is 0 Å². The highest BCUT2D eigenvalue weighted by Crippen LogP contribution is 2.46. The van der Waals surface area contributed by atoms with Gasteiger partial charge in [0.15, 0.2) is 9.84 Å². The number of nitrogens with zero attached hydrogens (tertiary/aromatic N) is 1. The van der Waals surface area contributed by atoms with Crippen LogP contribution in [0.4, 0.5) is 0 Å². The van der Waals surface area contributed by atoms with Crippen LogP contribution in [0, 0.1) is 0 Å². The molecular weight excluding hydrogens is 278 g/mol. The summed E-state index contributed by atoms with van der Waals surface area (Å²) in [5, 5.41) is 10.1.